The molecular weight excluding hydrogens is 544 g/mol. The van der Waals surface area contributed by atoms with Gasteiger partial charge in [-0.1, -0.05) is 17.3 Å². The molecular formula is C27H27F6N3O4. The van der Waals surface area contributed by atoms with Gasteiger partial charge in [0.25, 0.3) is 0 Å². The Labute approximate surface area is 226 Å². The second-order valence-electron chi connectivity index (χ2n) is 10.4. The number of piperidine rings is 1. The van der Waals surface area contributed by atoms with Gasteiger partial charge in [0.1, 0.15) is 18.0 Å². The Morgan fingerprint density at radius 1 is 1.02 bits per heavy atom. The quantitative estimate of drug-likeness (QED) is 0.296. The highest BCUT2D eigenvalue weighted by Crippen LogP contribution is 2.39. The number of nitrogens with zero attached hydrogens (tertiary/aromatic N) is 3. The topological polar surface area (TPSA) is 77.7 Å². The lowest BCUT2D eigenvalue weighted by molar-refractivity contribution is -0.139. The highest BCUT2D eigenvalue weighted by Gasteiger charge is 2.36. The lowest BCUT2D eigenvalue weighted by atomic mass is 9.98. The Hall–Kier alpha value is -3.77. The molecule has 3 aromatic rings. The summed E-state index contributed by atoms with van der Waals surface area (Å²) >= 11 is 0. The number of amides is 1. The molecule has 0 bridgehead atoms. The van der Waals surface area contributed by atoms with E-state index in [0.717, 1.165) is 36.4 Å². The predicted octanol–water partition coefficient (Wildman–Crippen LogP) is 7.47. The molecule has 40 heavy (non-hydrogen) atoms. The molecule has 0 radical (unpaired) electrons. The molecule has 4 rings (SSSR count). The van der Waals surface area contributed by atoms with Crippen LogP contribution in [0, 0.1) is 0 Å². The highest BCUT2D eigenvalue weighted by molar-refractivity contribution is 5.68. The van der Waals surface area contributed by atoms with Crippen molar-refractivity contribution in [3.8, 4) is 17.1 Å². The monoisotopic (exact) mass is 571 g/mol. The Morgan fingerprint density at radius 2 is 1.73 bits per heavy atom. The maximum Gasteiger partial charge on any atom is 0.419 e. The number of hydrogen-bond donors (Lipinski definition) is 0. The molecule has 13 heteroatoms. The summed E-state index contributed by atoms with van der Waals surface area (Å²) in [6, 6.07) is 7.20. The number of aromatic nitrogens is 2. The smallest absolute Gasteiger partial charge is 0.419 e. The Bertz CT molecular complexity index is 1330. The lowest BCUT2D eigenvalue weighted by Crippen LogP contribution is -2.42. The summed E-state index contributed by atoms with van der Waals surface area (Å²) in [6.45, 7) is 5.67. The third-order valence-corrected chi connectivity index (χ3v) is 6.08. The summed E-state index contributed by atoms with van der Waals surface area (Å²) in [5.41, 5.74) is -2.34. The molecule has 2 aromatic carbocycles. The first-order chi connectivity index (χ1) is 18.6. The Morgan fingerprint density at radius 3 is 2.35 bits per heavy atom. The zero-order chi connectivity index (χ0) is 29.3. The van der Waals surface area contributed by atoms with E-state index < -0.39 is 40.9 Å². The van der Waals surface area contributed by atoms with E-state index >= 15 is 0 Å². The van der Waals surface area contributed by atoms with Crippen LogP contribution in [0.3, 0.4) is 0 Å². The van der Waals surface area contributed by atoms with Crippen LogP contribution in [0.25, 0.3) is 11.4 Å². The molecule has 1 fully saturated rings. The third-order valence-electron chi connectivity index (χ3n) is 6.08. The maximum atomic E-state index is 13.9. The van der Waals surface area contributed by atoms with Crippen molar-refractivity contribution < 1.29 is 45.1 Å². The zero-order valence-electron chi connectivity index (χ0n) is 21.9. The molecule has 0 aliphatic carbocycles. The molecule has 0 spiro atoms. The van der Waals surface area contributed by atoms with Crippen LogP contribution in [0.2, 0.25) is 0 Å². The molecule has 7 nitrogen and oxygen atoms in total. The van der Waals surface area contributed by atoms with Crippen molar-refractivity contribution in [3.63, 3.8) is 0 Å². The van der Waals surface area contributed by atoms with Crippen molar-refractivity contribution in [3.05, 3.63) is 65.0 Å². The van der Waals surface area contributed by atoms with Crippen LogP contribution in [0.5, 0.6) is 5.75 Å². The average molecular weight is 572 g/mol. The number of hydrogen-bond acceptors (Lipinski definition) is 6. The summed E-state index contributed by atoms with van der Waals surface area (Å²) in [5, 5.41) is 3.84. The average Bonchev–Trinajstić information content (AvgIpc) is 3.36. The summed E-state index contributed by atoms with van der Waals surface area (Å²) < 4.78 is 95.9. The lowest BCUT2D eigenvalue weighted by Gasteiger charge is -2.32. The van der Waals surface area contributed by atoms with Gasteiger partial charge in [-0.25, -0.2) is 4.79 Å². The van der Waals surface area contributed by atoms with E-state index in [1.165, 1.54) is 11.0 Å². The normalized spacial score (nSPS) is 16.6. The largest absolute Gasteiger partial charge is 0.488 e. The van der Waals surface area contributed by atoms with E-state index in [2.05, 4.69) is 10.1 Å². The first-order valence-electron chi connectivity index (χ1n) is 12.4. The minimum Gasteiger partial charge on any atom is -0.488 e. The number of ether oxygens (including phenoxy) is 2. The second-order valence-corrected chi connectivity index (χ2v) is 10.4. The molecule has 2 heterocycles. The van der Waals surface area contributed by atoms with E-state index in [1.54, 1.807) is 20.8 Å². The van der Waals surface area contributed by atoms with Crippen LogP contribution in [0.4, 0.5) is 31.1 Å². The maximum absolute atomic E-state index is 13.9. The van der Waals surface area contributed by atoms with Crippen LogP contribution in [-0.2, 0) is 23.7 Å². The number of carbonyl (C=O) groups is 1. The van der Waals surface area contributed by atoms with Crippen LogP contribution in [0.15, 0.2) is 47.0 Å². The standard InChI is InChI=1S/C27H27F6N3O4/c1-25(2,3)39-24(37)36-12-4-5-18(14-36)23-34-22(35-40-23)17-8-11-21(20(13-17)27(31,32)33)38-15-16-6-9-19(10-7-16)26(28,29)30/h6-11,13,18H,4-5,12,14-15H2,1-3H3/t18-/m1/s1. The number of likely N-dealkylation sites (tertiary alicyclic amines) is 1. The molecule has 1 atom stereocenters. The van der Waals surface area contributed by atoms with Gasteiger partial charge in [-0.15, -0.1) is 0 Å². The molecule has 1 aliphatic heterocycles. The van der Waals surface area contributed by atoms with Crippen molar-refractivity contribution in [2.24, 2.45) is 0 Å². The first kappa shape index (κ1) is 29.2. The van der Waals surface area contributed by atoms with Crippen molar-refractivity contribution in [1.29, 1.82) is 0 Å². The van der Waals surface area contributed by atoms with Gasteiger partial charge >= 0.3 is 18.4 Å². The molecule has 0 unspecified atom stereocenters. The van der Waals surface area contributed by atoms with Gasteiger partial charge in [-0.3, -0.25) is 0 Å². The van der Waals surface area contributed by atoms with Crippen molar-refractivity contribution >= 4 is 6.09 Å². The van der Waals surface area contributed by atoms with Crippen LogP contribution < -0.4 is 4.74 Å². The fraction of sp³-hybridized carbons (Fsp3) is 0.444. The molecule has 0 saturated carbocycles. The summed E-state index contributed by atoms with van der Waals surface area (Å²) in [7, 11) is 0. The number of benzene rings is 2. The number of carbonyl (C=O) groups excluding carboxylic acids is 1. The van der Waals surface area contributed by atoms with E-state index in [4.69, 9.17) is 14.0 Å². The molecule has 1 saturated heterocycles. The summed E-state index contributed by atoms with van der Waals surface area (Å²) in [4.78, 5) is 18.3. The molecule has 1 amide bonds. The van der Waals surface area contributed by atoms with Gasteiger partial charge in [-0.05, 0) is 69.5 Å². The van der Waals surface area contributed by atoms with Crippen molar-refractivity contribution in [2.45, 2.75) is 64.1 Å². The minimum atomic E-state index is -4.80. The highest BCUT2D eigenvalue weighted by atomic mass is 19.4. The Balaban J connectivity index is 1.49. The van der Waals surface area contributed by atoms with Crippen LogP contribution >= 0.6 is 0 Å². The van der Waals surface area contributed by atoms with E-state index in [0.29, 0.717) is 19.4 Å². The Kier molecular flexibility index (Phi) is 8.04. The van der Waals surface area contributed by atoms with Gasteiger partial charge in [0, 0.05) is 18.7 Å². The van der Waals surface area contributed by atoms with Gasteiger partial charge in [0.05, 0.1) is 17.0 Å². The van der Waals surface area contributed by atoms with Gasteiger partial charge in [0.15, 0.2) is 0 Å². The third kappa shape index (κ3) is 7.24. The van der Waals surface area contributed by atoms with Crippen molar-refractivity contribution in [2.75, 3.05) is 13.1 Å². The predicted molar refractivity (Wildman–Crippen MR) is 130 cm³/mol. The van der Waals surface area contributed by atoms with E-state index in [9.17, 15) is 31.1 Å². The van der Waals surface area contributed by atoms with E-state index in [-0.39, 0.29) is 41.9 Å². The molecule has 0 N–H and O–H groups in total. The SMILES string of the molecule is CC(C)(C)OC(=O)N1CCC[C@@H](c2nc(-c3ccc(OCc4ccc(C(F)(F)F)cc4)c(C(F)(F)F)c3)no2)C1. The number of rotatable bonds is 5. The van der Waals surface area contributed by atoms with Gasteiger partial charge in [0.2, 0.25) is 11.7 Å². The van der Waals surface area contributed by atoms with E-state index in [1.807, 2.05) is 0 Å². The van der Waals surface area contributed by atoms with Crippen LogP contribution in [0.1, 0.15) is 62.1 Å². The summed E-state index contributed by atoms with van der Waals surface area (Å²) in [5.74, 6) is -0.681. The minimum absolute atomic E-state index is 0.0315. The fourth-order valence-electron chi connectivity index (χ4n) is 4.16. The van der Waals surface area contributed by atoms with Gasteiger partial charge < -0.3 is 18.9 Å². The fourth-order valence-corrected chi connectivity index (χ4v) is 4.16. The molecule has 1 aromatic heterocycles. The van der Waals surface area contributed by atoms with Gasteiger partial charge in [-0.2, -0.15) is 31.3 Å². The van der Waals surface area contributed by atoms with Crippen LogP contribution in [-0.4, -0.2) is 39.8 Å². The second kappa shape index (κ2) is 11.0. The zero-order valence-corrected chi connectivity index (χ0v) is 21.9. The number of alkyl halides is 6. The van der Waals surface area contributed by atoms with Crippen molar-refractivity contribution in [1.82, 2.24) is 15.0 Å². The molecule has 1 aliphatic rings. The summed E-state index contributed by atoms with van der Waals surface area (Å²) in [6.07, 6.45) is -8.49. The number of halogens is 6. The first-order valence-corrected chi connectivity index (χ1v) is 12.4. The molecule has 216 valence electrons.